The second-order valence-electron chi connectivity index (χ2n) is 8.56. The van der Waals surface area contributed by atoms with Crippen molar-refractivity contribution in [2.24, 2.45) is 11.8 Å². The highest BCUT2D eigenvalue weighted by Gasteiger charge is 2.46. The van der Waals surface area contributed by atoms with E-state index in [1.54, 1.807) is 6.92 Å². The summed E-state index contributed by atoms with van der Waals surface area (Å²) < 4.78 is 30.8. The van der Waals surface area contributed by atoms with Crippen molar-refractivity contribution < 1.29 is 8.78 Å². The number of aryl methyl sites for hydroxylation is 1. The lowest BCUT2D eigenvalue weighted by molar-refractivity contribution is -0.114. The molecule has 0 amide bonds. The van der Waals surface area contributed by atoms with Crippen LogP contribution in [0.15, 0.2) is 20.7 Å². The maximum atomic E-state index is 13.4. The van der Waals surface area contributed by atoms with Gasteiger partial charge in [-0.3, -0.25) is 18.9 Å². The van der Waals surface area contributed by atoms with Crippen molar-refractivity contribution in [3.63, 3.8) is 0 Å². The molecule has 0 bridgehead atoms. The van der Waals surface area contributed by atoms with Gasteiger partial charge in [0.25, 0.3) is 5.56 Å². The predicted molar refractivity (Wildman–Crippen MR) is 108 cm³/mol. The minimum atomic E-state index is -2.68. The molecule has 0 aromatic carbocycles. The summed E-state index contributed by atoms with van der Waals surface area (Å²) in [7, 11) is 0. The number of hydrogen-bond acceptors (Lipinski definition) is 5. The minimum Gasteiger partial charge on any atom is -0.295 e. The number of aromatic amines is 1. The average molecular weight is 437 g/mol. The molecule has 3 aromatic heterocycles. The van der Waals surface area contributed by atoms with Gasteiger partial charge < -0.3 is 0 Å². The summed E-state index contributed by atoms with van der Waals surface area (Å²) in [5.74, 6) is -2.75. The number of H-pyrrole nitrogens is 1. The molecule has 0 spiro atoms. The maximum absolute atomic E-state index is 13.4. The molecule has 30 heavy (non-hydrogen) atoms. The molecule has 0 unspecified atom stereocenters. The van der Waals surface area contributed by atoms with Crippen LogP contribution in [0.5, 0.6) is 0 Å². The smallest absolute Gasteiger partial charge is 0.295 e. The quantitative estimate of drug-likeness (QED) is 0.661. The fourth-order valence-electron chi connectivity index (χ4n) is 4.38. The van der Waals surface area contributed by atoms with Gasteiger partial charge in [-0.1, -0.05) is 6.92 Å². The molecule has 0 radical (unpaired) electrons. The molecular formula is C19H21F2N5O3S. The van der Waals surface area contributed by atoms with Crippen molar-refractivity contribution in [1.29, 1.82) is 0 Å². The van der Waals surface area contributed by atoms with Crippen molar-refractivity contribution in [3.8, 4) is 0 Å². The molecule has 3 aromatic rings. The molecule has 2 aliphatic rings. The number of alkyl halides is 2. The highest BCUT2D eigenvalue weighted by Crippen LogP contribution is 2.44. The van der Waals surface area contributed by atoms with Crippen LogP contribution in [-0.2, 0) is 13.1 Å². The Bertz CT molecular complexity index is 1320. The van der Waals surface area contributed by atoms with Crippen LogP contribution in [-0.4, -0.2) is 29.8 Å². The minimum absolute atomic E-state index is 0.153. The van der Waals surface area contributed by atoms with E-state index in [9.17, 15) is 23.2 Å². The maximum Gasteiger partial charge on any atom is 0.343 e. The Morgan fingerprint density at radius 3 is 2.57 bits per heavy atom. The van der Waals surface area contributed by atoms with Crippen molar-refractivity contribution in [2.75, 3.05) is 0 Å². The van der Waals surface area contributed by atoms with Crippen LogP contribution >= 0.6 is 11.3 Å². The Labute approximate surface area is 172 Å². The van der Waals surface area contributed by atoms with E-state index in [1.807, 2.05) is 6.92 Å². The SMILES string of the molecule is Cc1c(Cn2nc[nH]c2=O)sc2c1c(=O)n([C@H]1C[C@@H]1C)c(=O)n2CC1CC(F)(F)C1. The Balaban J connectivity index is 1.67. The Morgan fingerprint density at radius 2 is 2.00 bits per heavy atom. The third-order valence-electron chi connectivity index (χ3n) is 6.27. The van der Waals surface area contributed by atoms with Gasteiger partial charge in [-0.25, -0.2) is 23.1 Å². The number of fused-ring (bicyclic) bond motifs is 1. The zero-order chi connectivity index (χ0) is 21.4. The summed E-state index contributed by atoms with van der Waals surface area (Å²) in [4.78, 5) is 42.0. The van der Waals surface area contributed by atoms with E-state index in [2.05, 4.69) is 10.1 Å². The largest absolute Gasteiger partial charge is 0.343 e. The van der Waals surface area contributed by atoms with Crippen LogP contribution in [0, 0.1) is 18.8 Å². The van der Waals surface area contributed by atoms with Crippen molar-refractivity contribution in [1.82, 2.24) is 23.9 Å². The molecule has 160 valence electrons. The number of rotatable bonds is 5. The van der Waals surface area contributed by atoms with Crippen LogP contribution in [0.3, 0.4) is 0 Å². The predicted octanol–water partition coefficient (Wildman–Crippen LogP) is 2.09. The molecule has 2 saturated carbocycles. The van der Waals surface area contributed by atoms with E-state index in [1.165, 1.54) is 31.5 Å². The fraction of sp³-hybridized carbons (Fsp3) is 0.579. The van der Waals surface area contributed by atoms with Gasteiger partial charge in [-0.2, -0.15) is 5.10 Å². The summed E-state index contributed by atoms with van der Waals surface area (Å²) in [6.07, 6.45) is 1.54. The topological polar surface area (TPSA) is 94.7 Å². The summed E-state index contributed by atoms with van der Waals surface area (Å²) in [6.45, 7) is 4.10. The summed E-state index contributed by atoms with van der Waals surface area (Å²) >= 11 is 1.25. The van der Waals surface area contributed by atoms with Crippen molar-refractivity contribution in [3.05, 3.63) is 48.1 Å². The van der Waals surface area contributed by atoms with Crippen LogP contribution in [0.2, 0.25) is 0 Å². The van der Waals surface area contributed by atoms with Gasteiger partial charge in [0.15, 0.2) is 0 Å². The van der Waals surface area contributed by atoms with Gasteiger partial charge in [0.1, 0.15) is 11.2 Å². The molecule has 0 saturated heterocycles. The van der Waals surface area contributed by atoms with Crippen molar-refractivity contribution in [2.45, 2.75) is 58.2 Å². The van der Waals surface area contributed by atoms with E-state index in [-0.39, 0.29) is 55.1 Å². The Hall–Kier alpha value is -2.56. The standard InChI is InChI=1S/C19H21F2N5O3S/c1-9-3-12(9)26-15(27)14-10(2)13(7-25-17(28)22-8-23-25)30-16(14)24(18(26)29)6-11-4-19(20,21)5-11/h8-9,11-12H,3-7H2,1-2H3,(H,22,23,28)/t9-,12-/m0/s1. The highest BCUT2D eigenvalue weighted by molar-refractivity contribution is 7.18. The lowest BCUT2D eigenvalue weighted by Gasteiger charge is -2.35. The average Bonchev–Trinajstić information content (AvgIpc) is 3.06. The fourth-order valence-corrected chi connectivity index (χ4v) is 5.66. The first-order chi connectivity index (χ1) is 14.2. The van der Waals surface area contributed by atoms with Gasteiger partial charge in [-0.05, 0) is 30.7 Å². The van der Waals surface area contributed by atoms with Crippen LogP contribution in [0.4, 0.5) is 8.78 Å². The summed E-state index contributed by atoms with van der Waals surface area (Å²) in [5.41, 5.74) is -0.439. The zero-order valence-corrected chi connectivity index (χ0v) is 17.3. The Morgan fingerprint density at radius 1 is 1.30 bits per heavy atom. The van der Waals surface area contributed by atoms with E-state index >= 15 is 0 Å². The van der Waals surface area contributed by atoms with Crippen LogP contribution < -0.4 is 16.9 Å². The number of thiophene rings is 1. The monoisotopic (exact) mass is 437 g/mol. The van der Waals surface area contributed by atoms with Crippen LogP contribution in [0.1, 0.15) is 42.7 Å². The van der Waals surface area contributed by atoms with E-state index in [0.29, 0.717) is 15.8 Å². The van der Waals surface area contributed by atoms with Crippen LogP contribution in [0.25, 0.3) is 10.2 Å². The van der Waals surface area contributed by atoms with Gasteiger partial charge >= 0.3 is 11.4 Å². The Kier molecular flexibility index (Phi) is 4.18. The molecule has 3 heterocycles. The molecule has 2 fully saturated rings. The first-order valence-corrected chi connectivity index (χ1v) is 10.7. The summed E-state index contributed by atoms with van der Waals surface area (Å²) in [6, 6.07) is -0.153. The van der Waals surface area contributed by atoms with Gasteiger partial charge in [0.05, 0.1) is 11.9 Å². The highest BCUT2D eigenvalue weighted by atomic mass is 32.1. The first kappa shape index (κ1) is 19.4. The number of aromatic nitrogens is 5. The van der Waals surface area contributed by atoms with Gasteiger partial charge in [-0.15, -0.1) is 11.3 Å². The number of nitrogens with zero attached hydrogens (tertiary/aromatic N) is 4. The molecule has 5 rings (SSSR count). The lowest BCUT2D eigenvalue weighted by Crippen LogP contribution is -2.44. The normalized spacial score (nSPS) is 23.1. The first-order valence-electron chi connectivity index (χ1n) is 9.92. The summed E-state index contributed by atoms with van der Waals surface area (Å²) in [5, 5.41) is 4.39. The number of hydrogen-bond donors (Lipinski definition) is 1. The second kappa shape index (κ2) is 6.47. The molecule has 2 aliphatic carbocycles. The van der Waals surface area contributed by atoms with E-state index in [4.69, 9.17) is 0 Å². The molecule has 1 N–H and O–H groups in total. The second-order valence-corrected chi connectivity index (χ2v) is 9.64. The molecule has 2 atom stereocenters. The van der Waals surface area contributed by atoms with E-state index in [0.717, 1.165) is 11.3 Å². The molecule has 11 heteroatoms. The number of halogens is 2. The van der Waals surface area contributed by atoms with Gasteiger partial charge in [0.2, 0.25) is 5.92 Å². The number of nitrogens with one attached hydrogen (secondary N) is 1. The molecule has 8 nitrogen and oxygen atoms in total. The van der Waals surface area contributed by atoms with Crippen molar-refractivity contribution >= 4 is 21.6 Å². The zero-order valence-electron chi connectivity index (χ0n) is 16.5. The third-order valence-corrected chi connectivity index (χ3v) is 7.57. The third kappa shape index (κ3) is 2.98. The van der Waals surface area contributed by atoms with E-state index < -0.39 is 11.6 Å². The van der Waals surface area contributed by atoms with Gasteiger partial charge in [0, 0.05) is 30.3 Å². The molecule has 0 aliphatic heterocycles. The molecular weight excluding hydrogens is 416 g/mol. The lowest BCUT2D eigenvalue weighted by atomic mass is 9.81.